The van der Waals surface area contributed by atoms with Gasteiger partial charge in [-0.25, -0.2) is 9.37 Å². The van der Waals surface area contributed by atoms with Gasteiger partial charge in [0.05, 0.1) is 16.8 Å². The van der Waals surface area contributed by atoms with Gasteiger partial charge < -0.3 is 10.2 Å². The summed E-state index contributed by atoms with van der Waals surface area (Å²) in [5.41, 5.74) is 2.72. The fraction of sp³-hybridized carbons (Fsp3) is 0.304. The topological polar surface area (TPSA) is 45.2 Å². The van der Waals surface area contributed by atoms with E-state index >= 15 is 0 Å². The van der Waals surface area contributed by atoms with Gasteiger partial charge in [0.15, 0.2) is 0 Å². The minimum Gasteiger partial charge on any atom is -0.337 e. The smallest absolute Gasteiger partial charge is 0.254 e. The van der Waals surface area contributed by atoms with Crippen molar-refractivity contribution in [2.24, 2.45) is 0 Å². The molecule has 3 aromatic rings. The SMILES string of the molecule is O=C(c1cc(-c2ccccc2)nc2cc(F)ccc12)N1CCC2CCC(C1)N2. The number of amides is 1. The highest BCUT2D eigenvalue weighted by Gasteiger charge is 2.32. The van der Waals surface area contributed by atoms with Crippen LogP contribution < -0.4 is 5.32 Å². The summed E-state index contributed by atoms with van der Waals surface area (Å²) in [6, 6.07) is 16.9. The van der Waals surface area contributed by atoms with Crippen molar-refractivity contribution in [1.29, 1.82) is 0 Å². The van der Waals surface area contributed by atoms with E-state index in [1.807, 2.05) is 41.3 Å². The molecule has 0 spiro atoms. The summed E-state index contributed by atoms with van der Waals surface area (Å²) in [6.07, 6.45) is 3.29. The second-order valence-corrected chi connectivity index (χ2v) is 7.76. The lowest BCUT2D eigenvalue weighted by Crippen LogP contribution is -2.39. The summed E-state index contributed by atoms with van der Waals surface area (Å²) >= 11 is 0. The lowest BCUT2D eigenvalue weighted by atomic mass is 10.0. The first-order valence-corrected chi connectivity index (χ1v) is 9.88. The number of nitrogens with one attached hydrogen (secondary N) is 1. The van der Waals surface area contributed by atoms with Gasteiger partial charge in [0.25, 0.3) is 5.91 Å². The Morgan fingerprint density at radius 3 is 2.71 bits per heavy atom. The van der Waals surface area contributed by atoms with Crippen LogP contribution in [0, 0.1) is 5.82 Å². The Kier molecular flexibility index (Phi) is 4.32. The highest BCUT2D eigenvalue weighted by molar-refractivity contribution is 6.07. The second-order valence-electron chi connectivity index (χ2n) is 7.76. The zero-order valence-corrected chi connectivity index (χ0v) is 15.6. The quantitative estimate of drug-likeness (QED) is 0.736. The molecular weight excluding hydrogens is 353 g/mol. The number of rotatable bonds is 2. The molecule has 2 aliphatic heterocycles. The summed E-state index contributed by atoms with van der Waals surface area (Å²) < 4.78 is 13.9. The van der Waals surface area contributed by atoms with E-state index in [2.05, 4.69) is 10.3 Å². The van der Waals surface area contributed by atoms with Gasteiger partial charge in [-0.05, 0) is 37.5 Å². The van der Waals surface area contributed by atoms with Crippen molar-refractivity contribution >= 4 is 16.8 Å². The summed E-state index contributed by atoms with van der Waals surface area (Å²) in [5, 5.41) is 4.32. The van der Waals surface area contributed by atoms with Gasteiger partial charge in [-0.15, -0.1) is 0 Å². The maximum atomic E-state index is 13.9. The molecule has 1 N–H and O–H groups in total. The highest BCUT2D eigenvalue weighted by Crippen LogP contribution is 2.28. The number of likely N-dealkylation sites (tertiary alicyclic amines) is 1. The van der Waals surface area contributed by atoms with Gasteiger partial charge >= 0.3 is 0 Å². The molecule has 142 valence electrons. The van der Waals surface area contributed by atoms with Crippen molar-refractivity contribution in [3.05, 3.63) is 66.0 Å². The number of halogens is 1. The van der Waals surface area contributed by atoms with Crippen molar-refractivity contribution in [2.45, 2.75) is 31.3 Å². The van der Waals surface area contributed by atoms with Crippen LogP contribution in [0.5, 0.6) is 0 Å². The molecule has 4 nitrogen and oxygen atoms in total. The number of hydrogen-bond donors (Lipinski definition) is 1. The molecule has 0 saturated carbocycles. The molecule has 3 heterocycles. The Hall–Kier alpha value is -2.79. The monoisotopic (exact) mass is 375 g/mol. The third kappa shape index (κ3) is 3.16. The lowest BCUT2D eigenvalue weighted by Gasteiger charge is -2.25. The van der Waals surface area contributed by atoms with Crippen LogP contribution in [-0.4, -0.2) is 41.0 Å². The van der Waals surface area contributed by atoms with E-state index in [4.69, 9.17) is 0 Å². The Morgan fingerprint density at radius 2 is 1.86 bits per heavy atom. The molecule has 5 rings (SSSR count). The third-order valence-electron chi connectivity index (χ3n) is 5.88. The summed E-state index contributed by atoms with van der Waals surface area (Å²) in [5.74, 6) is -0.342. The minimum atomic E-state index is -0.347. The van der Waals surface area contributed by atoms with E-state index in [0.29, 0.717) is 34.2 Å². The third-order valence-corrected chi connectivity index (χ3v) is 5.88. The second kappa shape index (κ2) is 6.99. The maximum Gasteiger partial charge on any atom is 0.254 e. The average molecular weight is 375 g/mol. The number of hydrogen-bond acceptors (Lipinski definition) is 3. The maximum absolute atomic E-state index is 13.9. The Morgan fingerprint density at radius 1 is 1.04 bits per heavy atom. The Balaban J connectivity index is 1.60. The van der Waals surface area contributed by atoms with Gasteiger partial charge in [-0.2, -0.15) is 0 Å². The van der Waals surface area contributed by atoms with Crippen molar-refractivity contribution < 1.29 is 9.18 Å². The molecule has 1 aromatic heterocycles. The van der Waals surface area contributed by atoms with Crippen LogP contribution >= 0.6 is 0 Å². The minimum absolute atomic E-state index is 0.00513. The van der Waals surface area contributed by atoms with Crippen molar-refractivity contribution in [2.75, 3.05) is 13.1 Å². The van der Waals surface area contributed by atoms with Gasteiger partial charge in [-0.3, -0.25) is 4.79 Å². The van der Waals surface area contributed by atoms with E-state index in [9.17, 15) is 9.18 Å². The first-order chi connectivity index (χ1) is 13.7. The highest BCUT2D eigenvalue weighted by atomic mass is 19.1. The largest absolute Gasteiger partial charge is 0.337 e. The standard InChI is InChI=1S/C23H22FN3O/c24-16-6-9-19-20(23(28)27-11-10-17-7-8-18(14-27)25-17)13-21(26-22(19)12-16)15-4-2-1-3-5-15/h1-6,9,12-13,17-18,25H,7-8,10-11,14H2. The molecule has 0 radical (unpaired) electrons. The van der Waals surface area contributed by atoms with Gasteiger partial charge in [0, 0.05) is 42.2 Å². The molecule has 2 saturated heterocycles. The molecular formula is C23H22FN3O. The first kappa shape index (κ1) is 17.3. The molecule has 28 heavy (non-hydrogen) atoms. The van der Waals surface area contributed by atoms with Crippen LogP contribution in [0.2, 0.25) is 0 Å². The molecule has 0 aliphatic carbocycles. The molecule has 1 amide bonds. The van der Waals surface area contributed by atoms with Crippen molar-refractivity contribution in [1.82, 2.24) is 15.2 Å². The van der Waals surface area contributed by atoms with Crippen molar-refractivity contribution in [3.8, 4) is 11.3 Å². The number of nitrogens with zero attached hydrogens (tertiary/aromatic N) is 2. The molecule has 2 atom stereocenters. The number of fused-ring (bicyclic) bond motifs is 3. The predicted octanol–water partition coefficient (Wildman–Crippen LogP) is 4.01. The van der Waals surface area contributed by atoms with E-state index in [0.717, 1.165) is 31.5 Å². The fourth-order valence-corrected chi connectivity index (χ4v) is 4.43. The first-order valence-electron chi connectivity index (χ1n) is 9.88. The average Bonchev–Trinajstić information content (AvgIpc) is 3.05. The molecule has 5 heteroatoms. The Bertz CT molecular complexity index is 1040. The summed E-state index contributed by atoms with van der Waals surface area (Å²) in [6.45, 7) is 1.47. The lowest BCUT2D eigenvalue weighted by molar-refractivity contribution is 0.0750. The van der Waals surface area contributed by atoms with Crippen LogP contribution in [0.3, 0.4) is 0 Å². The van der Waals surface area contributed by atoms with Crippen LogP contribution in [0.1, 0.15) is 29.6 Å². The van der Waals surface area contributed by atoms with E-state index < -0.39 is 0 Å². The van der Waals surface area contributed by atoms with Crippen LogP contribution in [-0.2, 0) is 0 Å². The van der Waals surface area contributed by atoms with Crippen LogP contribution in [0.25, 0.3) is 22.2 Å². The predicted molar refractivity (Wildman–Crippen MR) is 108 cm³/mol. The van der Waals surface area contributed by atoms with E-state index in [1.165, 1.54) is 18.6 Å². The zero-order valence-electron chi connectivity index (χ0n) is 15.6. The normalized spacial score (nSPS) is 21.7. The number of pyridine rings is 1. The molecule has 2 unspecified atom stereocenters. The van der Waals surface area contributed by atoms with E-state index in [-0.39, 0.29) is 11.7 Å². The molecule has 2 aromatic carbocycles. The van der Waals surface area contributed by atoms with Crippen molar-refractivity contribution in [3.63, 3.8) is 0 Å². The fourth-order valence-electron chi connectivity index (χ4n) is 4.43. The number of benzene rings is 2. The van der Waals surface area contributed by atoms with Gasteiger partial charge in [-0.1, -0.05) is 30.3 Å². The summed E-state index contributed by atoms with van der Waals surface area (Å²) in [7, 11) is 0. The number of carbonyl (C=O) groups is 1. The Labute approximate surface area is 163 Å². The van der Waals surface area contributed by atoms with Gasteiger partial charge in [0.1, 0.15) is 5.82 Å². The number of carbonyl (C=O) groups excluding carboxylic acids is 1. The van der Waals surface area contributed by atoms with Gasteiger partial charge in [0.2, 0.25) is 0 Å². The molecule has 2 aliphatic rings. The molecule has 2 bridgehead atoms. The van der Waals surface area contributed by atoms with Crippen LogP contribution in [0.4, 0.5) is 4.39 Å². The number of aromatic nitrogens is 1. The van der Waals surface area contributed by atoms with E-state index in [1.54, 1.807) is 6.07 Å². The zero-order chi connectivity index (χ0) is 19.1. The molecule has 2 fully saturated rings. The van der Waals surface area contributed by atoms with Crippen LogP contribution in [0.15, 0.2) is 54.6 Å². The summed E-state index contributed by atoms with van der Waals surface area (Å²) in [4.78, 5) is 20.1.